The van der Waals surface area contributed by atoms with Crippen LogP contribution in [0, 0.1) is 0 Å². The molecule has 0 saturated carbocycles. The number of esters is 1. The second-order valence-corrected chi connectivity index (χ2v) is 7.45. The predicted molar refractivity (Wildman–Crippen MR) is 96.0 cm³/mol. The smallest absolute Gasteiger partial charge is 0.338 e. The molecule has 1 amide bonds. The molecule has 0 aliphatic heterocycles. The molecule has 0 saturated heterocycles. The molecule has 28 heavy (non-hydrogen) atoms. The number of aromatic nitrogens is 3. The Hall–Kier alpha value is -3.67. The first-order valence-corrected chi connectivity index (χ1v) is 9.33. The lowest BCUT2D eigenvalue weighted by Crippen LogP contribution is -2.30. The molecule has 12 heteroatoms. The number of nitrogens with two attached hydrogens (primary N) is 1. The van der Waals surface area contributed by atoms with Gasteiger partial charge in [0.1, 0.15) is 11.0 Å². The van der Waals surface area contributed by atoms with Crippen molar-refractivity contribution in [3.05, 3.63) is 48.0 Å². The number of sulfonamides is 1. The highest BCUT2D eigenvalue weighted by molar-refractivity contribution is 7.92. The first kappa shape index (κ1) is 19.1. The van der Waals surface area contributed by atoms with Crippen molar-refractivity contribution in [1.29, 1.82) is 0 Å². The van der Waals surface area contributed by atoms with E-state index >= 15 is 0 Å². The number of benzene rings is 2. The quantitative estimate of drug-likeness (QED) is 0.394. The third kappa shape index (κ3) is 3.86. The van der Waals surface area contributed by atoms with E-state index in [1.54, 1.807) is 0 Å². The number of fused-ring (bicyclic) bond motifs is 1. The monoisotopic (exact) mass is 405 g/mol. The van der Waals surface area contributed by atoms with E-state index in [-0.39, 0.29) is 21.7 Å². The summed E-state index contributed by atoms with van der Waals surface area (Å²) in [5, 5.41) is 16.6. The normalized spacial score (nSPS) is 12.5. The third-order valence-electron chi connectivity index (χ3n) is 3.74. The standard InChI is InChI=1S/C16H15N5O6S/c1-9(15(17)22)27-16(23)10-3-2-4-11(7-10)19-28(25,26)12-5-6-13-14(8-12)21(24)20-18-13/h2-9,19,24H,1H3,(H2,17,22)/t9-/m1/s1. The van der Waals surface area contributed by atoms with Crippen LogP contribution in [0.25, 0.3) is 11.0 Å². The molecule has 3 rings (SSSR count). The fraction of sp³-hybridized carbons (Fsp3) is 0.125. The average molecular weight is 405 g/mol. The van der Waals surface area contributed by atoms with Crippen molar-refractivity contribution < 1.29 is 28.0 Å². The van der Waals surface area contributed by atoms with Gasteiger partial charge < -0.3 is 15.7 Å². The van der Waals surface area contributed by atoms with Gasteiger partial charge in [-0.15, -0.1) is 5.10 Å². The summed E-state index contributed by atoms with van der Waals surface area (Å²) in [4.78, 5) is 23.4. The first-order chi connectivity index (χ1) is 13.2. The van der Waals surface area contributed by atoms with Crippen LogP contribution in [0.5, 0.6) is 0 Å². The fourth-order valence-corrected chi connectivity index (χ4v) is 3.33. The number of carbonyl (C=O) groups is 2. The number of nitrogens with one attached hydrogen (secondary N) is 1. The maximum atomic E-state index is 12.6. The number of amides is 1. The van der Waals surface area contributed by atoms with Crippen LogP contribution < -0.4 is 10.5 Å². The maximum absolute atomic E-state index is 12.6. The van der Waals surface area contributed by atoms with Crippen molar-refractivity contribution in [2.75, 3.05) is 4.72 Å². The van der Waals surface area contributed by atoms with Crippen molar-refractivity contribution in [2.24, 2.45) is 5.73 Å². The molecule has 11 nitrogen and oxygen atoms in total. The summed E-state index contributed by atoms with van der Waals surface area (Å²) in [5.74, 6) is -1.64. The van der Waals surface area contributed by atoms with Gasteiger partial charge in [-0.1, -0.05) is 10.9 Å². The molecule has 0 aliphatic carbocycles. The zero-order chi connectivity index (χ0) is 20.5. The van der Waals surface area contributed by atoms with E-state index in [4.69, 9.17) is 10.5 Å². The lowest BCUT2D eigenvalue weighted by Gasteiger charge is -2.11. The topological polar surface area (TPSA) is 166 Å². The highest BCUT2D eigenvalue weighted by Gasteiger charge is 2.19. The summed E-state index contributed by atoms with van der Waals surface area (Å²) in [6.07, 6.45) is -1.13. The summed E-state index contributed by atoms with van der Waals surface area (Å²) in [7, 11) is -4.03. The number of anilines is 1. The van der Waals surface area contributed by atoms with Crippen LogP contribution in [0.4, 0.5) is 5.69 Å². The average Bonchev–Trinajstić information content (AvgIpc) is 3.02. The van der Waals surface area contributed by atoms with Gasteiger partial charge in [0.25, 0.3) is 15.9 Å². The van der Waals surface area contributed by atoms with Crippen LogP contribution >= 0.6 is 0 Å². The van der Waals surface area contributed by atoms with Gasteiger partial charge in [0.2, 0.25) is 0 Å². The number of hydrogen-bond acceptors (Lipinski definition) is 8. The predicted octanol–water partition coefficient (Wildman–Crippen LogP) is 0.500. The van der Waals surface area contributed by atoms with Crippen LogP contribution in [-0.4, -0.2) is 46.8 Å². The Morgan fingerprint density at radius 2 is 2.00 bits per heavy atom. The third-order valence-corrected chi connectivity index (χ3v) is 5.12. The molecule has 4 N–H and O–H groups in total. The van der Waals surface area contributed by atoms with Gasteiger partial charge in [-0.2, -0.15) is 0 Å². The molecular formula is C16H15N5O6S. The molecule has 0 spiro atoms. The summed E-state index contributed by atoms with van der Waals surface area (Å²) in [5.41, 5.74) is 5.60. The van der Waals surface area contributed by atoms with E-state index < -0.39 is 28.0 Å². The van der Waals surface area contributed by atoms with E-state index in [0.717, 1.165) is 0 Å². The number of primary amides is 1. The fourth-order valence-electron chi connectivity index (χ4n) is 2.26. The molecule has 0 aliphatic rings. The summed E-state index contributed by atoms with van der Waals surface area (Å²) in [6.45, 7) is 1.32. The van der Waals surface area contributed by atoms with Crippen LogP contribution in [0.2, 0.25) is 0 Å². The Labute approximate surface area is 158 Å². The van der Waals surface area contributed by atoms with Gasteiger partial charge >= 0.3 is 5.97 Å². The molecule has 0 fully saturated rings. The first-order valence-electron chi connectivity index (χ1n) is 7.85. The lowest BCUT2D eigenvalue weighted by atomic mass is 10.2. The number of ether oxygens (including phenoxy) is 1. The van der Waals surface area contributed by atoms with Crippen molar-refractivity contribution >= 4 is 38.6 Å². The second kappa shape index (κ2) is 7.15. The minimum atomic E-state index is -4.03. The molecule has 1 atom stereocenters. The Balaban J connectivity index is 1.84. The summed E-state index contributed by atoms with van der Waals surface area (Å²) < 4.78 is 32.4. The largest absolute Gasteiger partial charge is 0.449 e. The van der Waals surface area contributed by atoms with Gasteiger partial charge in [-0.3, -0.25) is 9.52 Å². The van der Waals surface area contributed by atoms with Crippen molar-refractivity contribution in [2.45, 2.75) is 17.9 Å². The highest BCUT2D eigenvalue weighted by atomic mass is 32.2. The van der Waals surface area contributed by atoms with Crippen LogP contribution in [0.1, 0.15) is 17.3 Å². The maximum Gasteiger partial charge on any atom is 0.338 e. The molecule has 0 bridgehead atoms. The lowest BCUT2D eigenvalue weighted by molar-refractivity contribution is -0.125. The van der Waals surface area contributed by atoms with E-state index in [1.807, 2.05) is 0 Å². The molecule has 1 heterocycles. The van der Waals surface area contributed by atoms with Crippen molar-refractivity contribution in [3.8, 4) is 0 Å². The molecule has 2 aromatic carbocycles. The number of carbonyl (C=O) groups excluding carboxylic acids is 2. The van der Waals surface area contributed by atoms with Crippen LogP contribution in [0.15, 0.2) is 47.4 Å². The minimum Gasteiger partial charge on any atom is -0.449 e. The number of hydrogen-bond donors (Lipinski definition) is 3. The van der Waals surface area contributed by atoms with Gasteiger partial charge in [0.15, 0.2) is 6.10 Å². The van der Waals surface area contributed by atoms with Crippen LogP contribution in [0.3, 0.4) is 0 Å². The Kier molecular flexibility index (Phi) is 4.88. The zero-order valence-electron chi connectivity index (χ0n) is 14.4. The second-order valence-electron chi connectivity index (χ2n) is 5.77. The number of rotatable bonds is 6. The molecule has 0 unspecified atom stereocenters. The molecular weight excluding hydrogens is 390 g/mol. The molecule has 0 radical (unpaired) electrons. The molecule has 1 aromatic heterocycles. The van der Waals surface area contributed by atoms with E-state index in [2.05, 4.69) is 15.0 Å². The van der Waals surface area contributed by atoms with E-state index in [1.165, 1.54) is 49.4 Å². The van der Waals surface area contributed by atoms with Crippen molar-refractivity contribution in [3.63, 3.8) is 0 Å². The van der Waals surface area contributed by atoms with Crippen molar-refractivity contribution in [1.82, 2.24) is 15.2 Å². The van der Waals surface area contributed by atoms with E-state index in [0.29, 0.717) is 10.4 Å². The van der Waals surface area contributed by atoms with Crippen LogP contribution in [-0.2, 0) is 19.6 Å². The van der Waals surface area contributed by atoms with Gasteiger partial charge in [0.05, 0.1) is 10.5 Å². The Morgan fingerprint density at radius 1 is 1.25 bits per heavy atom. The Morgan fingerprint density at radius 3 is 2.71 bits per heavy atom. The van der Waals surface area contributed by atoms with Gasteiger partial charge in [-0.25, -0.2) is 13.2 Å². The van der Waals surface area contributed by atoms with E-state index in [9.17, 15) is 23.2 Å². The van der Waals surface area contributed by atoms with Gasteiger partial charge in [0, 0.05) is 5.69 Å². The Bertz CT molecular complexity index is 1170. The molecule has 146 valence electrons. The molecule has 3 aromatic rings. The SMILES string of the molecule is C[C@@H](OC(=O)c1cccc(NS(=O)(=O)c2ccc3nnn(O)c3c2)c1)C(N)=O. The van der Waals surface area contributed by atoms with Gasteiger partial charge in [-0.05, 0) is 48.5 Å². The minimum absolute atomic E-state index is 0.0291. The summed E-state index contributed by atoms with van der Waals surface area (Å²) in [6, 6.07) is 9.42. The zero-order valence-corrected chi connectivity index (χ0v) is 15.3. The summed E-state index contributed by atoms with van der Waals surface area (Å²) >= 11 is 0. The highest BCUT2D eigenvalue weighted by Crippen LogP contribution is 2.21. The number of nitrogens with zero attached hydrogens (tertiary/aromatic N) is 3.